The van der Waals surface area contributed by atoms with E-state index < -0.39 is 24.0 Å². The minimum Gasteiger partial charge on any atom is -0.444 e. The van der Waals surface area contributed by atoms with Crippen molar-refractivity contribution in [3.63, 3.8) is 0 Å². The third kappa shape index (κ3) is 5.30. The van der Waals surface area contributed by atoms with E-state index in [1.54, 1.807) is 51.1 Å². The fourth-order valence-electron chi connectivity index (χ4n) is 2.05. The molecule has 6 heteroatoms. The summed E-state index contributed by atoms with van der Waals surface area (Å²) in [6.07, 6.45) is 0.294. The second kappa shape index (κ2) is 6.95. The van der Waals surface area contributed by atoms with E-state index in [1.807, 2.05) is 0 Å². The molecule has 0 aliphatic carbocycles. The summed E-state index contributed by atoms with van der Waals surface area (Å²) in [5, 5.41) is 2.56. The Hall–Kier alpha value is -2.50. The average molecular weight is 334 g/mol. The van der Waals surface area contributed by atoms with Crippen LogP contribution in [-0.2, 0) is 17.1 Å². The molecule has 0 fully saturated rings. The van der Waals surface area contributed by atoms with E-state index in [9.17, 15) is 13.6 Å². The van der Waals surface area contributed by atoms with Crippen molar-refractivity contribution in [2.45, 2.75) is 38.7 Å². The SMILES string of the molecule is CC(C)(C)OC(=O)Nc1ccc(CC(F)(F)c2ccccn2)cc1. The van der Waals surface area contributed by atoms with Gasteiger partial charge in [0.05, 0.1) is 0 Å². The predicted molar refractivity (Wildman–Crippen MR) is 88.1 cm³/mol. The highest BCUT2D eigenvalue weighted by Crippen LogP contribution is 2.30. The lowest BCUT2D eigenvalue weighted by Gasteiger charge is -2.20. The predicted octanol–water partition coefficient (Wildman–Crippen LogP) is 4.76. The van der Waals surface area contributed by atoms with Crippen molar-refractivity contribution in [3.05, 3.63) is 59.9 Å². The molecule has 0 saturated carbocycles. The highest BCUT2D eigenvalue weighted by atomic mass is 19.3. The van der Waals surface area contributed by atoms with Crippen LogP contribution < -0.4 is 5.32 Å². The Morgan fingerprint density at radius 2 is 1.79 bits per heavy atom. The van der Waals surface area contributed by atoms with E-state index in [1.165, 1.54) is 18.3 Å². The molecule has 2 aromatic rings. The summed E-state index contributed by atoms with van der Waals surface area (Å²) in [5.74, 6) is -3.05. The number of amides is 1. The molecule has 0 saturated heterocycles. The van der Waals surface area contributed by atoms with Gasteiger partial charge in [-0.05, 0) is 50.6 Å². The normalized spacial score (nSPS) is 11.9. The molecule has 4 nitrogen and oxygen atoms in total. The summed E-state index contributed by atoms with van der Waals surface area (Å²) in [7, 11) is 0. The van der Waals surface area contributed by atoms with Crippen molar-refractivity contribution in [1.29, 1.82) is 0 Å². The summed E-state index contributed by atoms with van der Waals surface area (Å²) >= 11 is 0. The van der Waals surface area contributed by atoms with Gasteiger partial charge in [0, 0.05) is 18.3 Å². The summed E-state index contributed by atoms with van der Waals surface area (Å²) in [6.45, 7) is 5.28. The number of ether oxygens (including phenoxy) is 1. The minimum atomic E-state index is -3.05. The van der Waals surface area contributed by atoms with Crippen molar-refractivity contribution in [2.75, 3.05) is 5.32 Å². The number of alkyl halides is 2. The van der Waals surface area contributed by atoms with Gasteiger partial charge in [0.2, 0.25) is 0 Å². The van der Waals surface area contributed by atoms with Gasteiger partial charge >= 0.3 is 6.09 Å². The maximum Gasteiger partial charge on any atom is 0.412 e. The first-order valence-corrected chi connectivity index (χ1v) is 7.54. The second-order valence-corrected chi connectivity index (χ2v) is 6.42. The number of nitrogens with zero attached hydrogens (tertiary/aromatic N) is 1. The molecule has 1 heterocycles. The van der Waals surface area contributed by atoms with Crippen molar-refractivity contribution in [1.82, 2.24) is 4.98 Å². The Morgan fingerprint density at radius 3 is 2.33 bits per heavy atom. The quantitative estimate of drug-likeness (QED) is 0.877. The lowest BCUT2D eigenvalue weighted by Crippen LogP contribution is -2.27. The van der Waals surface area contributed by atoms with Gasteiger partial charge in [-0.3, -0.25) is 10.3 Å². The number of hydrogen-bond acceptors (Lipinski definition) is 3. The van der Waals surface area contributed by atoms with Crippen LogP contribution >= 0.6 is 0 Å². The third-order valence-corrected chi connectivity index (χ3v) is 3.06. The Bertz CT molecular complexity index is 680. The lowest BCUT2D eigenvalue weighted by atomic mass is 10.0. The molecule has 24 heavy (non-hydrogen) atoms. The van der Waals surface area contributed by atoms with E-state index in [0.717, 1.165) is 0 Å². The maximum atomic E-state index is 14.2. The van der Waals surface area contributed by atoms with Crippen molar-refractivity contribution in [3.8, 4) is 0 Å². The number of nitrogens with one attached hydrogen (secondary N) is 1. The van der Waals surface area contributed by atoms with E-state index >= 15 is 0 Å². The number of rotatable bonds is 4. The third-order valence-electron chi connectivity index (χ3n) is 3.06. The maximum absolute atomic E-state index is 14.2. The number of halogens is 2. The van der Waals surface area contributed by atoms with Gasteiger partial charge < -0.3 is 4.74 Å². The monoisotopic (exact) mass is 334 g/mol. The lowest BCUT2D eigenvalue weighted by molar-refractivity contribution is -0.00835. The average Bonchev–Trinajstić information content (AvgIpc) is 2.48. The van der Waals surface area contributed by atoms with Crippen LogP contribution in [0.25, 0.3) is 0 Å². The van der Waals surface area contributed by atoms with Crippen molar-refractivity contribution in [2.24, 2.45) is 0 Å². The van der Waals surface area contributed by atoms with Gasteiger partial charge in [-0.2, -0.15) is 8.78 Å². The number of anilines is 1. The molecule has 2 rings (SSSR count). The molecule has 1 amide bonds. The first kappa shape index (κ1) is 17.8. The van der Waals surface area contributed by atoms with Crippen LogP contribution in [0.15, 0.2) is 48.7 Å². The topological polar surface area (TPSA) is 51.2 Å². The van der Waals surface area contributed by atoms with Crippen LogP contribution in [0.5, 0.6) is 0 Å². The molecular formula is C18H20F2N2O2. The zero-order chi connectivity index (χ0) is 17.8. The standard InChI is InChI=1S/C18H20F2N2O2/c1-17(2,3)24-16(23)22-14-9-7-13(8-10-14)12-18(19,20)15-6-4-5-11-21-15/h4-11H,12H2,1-3H3,(H,22,23). The van der Waals surface area contributed by atoms with Gasteiger partial charge in [0.25, 0.3) is 5.92 Å². The Kier molecular flexibility index (Phi) is 5.17. The summed E-state index contributed by atoms with van der Waals surface area (Å²) < 4.78 is 33.5. The smallest absolute Gasteiger partial charge is 0.412 e. The molecule has 1 aromatic carbocycles. The van der Waals surface area contributed by atoms with Gasteiger partial charge in [-0.25, -0.2) is 4.79 Å². The van der Waals surface area contributed by atoms with E-state index in [0.29, 0.717) is 11.3 Å². The van der Waals surface area contributed by atoms with Crippen LogP contribution in [0.3, 0.4) is 0 Å². The number of pyridine rings is 1. The molecule has 0 spiro atoms. The van der Waals surface area contributed by atoms with Crippen LogP contribution in [-0.4, -0.2) is 16.7 Å². The first-order chi connectivity index (χ1) is 11.2. The molecule has 0 unspecified atom stereocenters. The largest absolute Gasteiger partial charge is 0.444 e. The highest BCUT2D eigenvalue weighted by Gasteiger charge is 2.33. The molecule has 0 aliphatic rings. The van der Waals surface area contributed by atoms with E-state index in [4.69, 9.17) is 4.74 Å². The van der Waals surface area contributed by atoms with Crippen LogP contribution in [0.4, 0.5) is 19.3 Å². The Morgan fingerprint density at radius 1 is 1.12 bits per heavy atom. The van der Waals surface area contributed by atoms with E-state index in [-0.39, 0.29) is 5.69 Å². The fourth-order valence-corrected chi connectivity index (χ4v) is 2.05. The minimum absolute atomic E-state index is 0.263. The van der Waals surface area contributed by atoms with Crippen LogP contribution in [0.1, 0.15) is 32.0 Å². The summed E-state index contributed by atoms with van der Waals surface area (Å²) in [5.41, 5.74) is 0.0601. The molecule has 0 atom stereocenters. The van der Waals surface area contributed by atoms with Gasteiger partial charge in [-0.1, -0.05) is 18.2 Å². The first-order valence-electron chi connectivity index (χ1n) is 7.54. The number of carbonyl (C=O) groups excluding carboxylic acids is 1. The van der Waals surface area contributed by atoms with Crippen LogP contribution in [0.2, 0.25) is 0 Å². The number of hydrogen-bond donors (Lipinski definition) is 1. The molecule has 0 bridgehead atoms. The van der Waals surface area contributed by atoms with E-state index in [2.05, 4.69) is 10.3 Å². The molecular weight excluding hydrogens is 314 g/mol. The number of carbonyl (C=O) groups is 1. The molecule has 0 radical (unpaired) electrons. The summed E-state index contributed by atoms with van der Waals surface area (Å²) in [6, 6.07) is 10.6. The number of benzene rings is 1. The molecule has 0 aliphatic heterocycles. The second-order valence-electron chi connectivity index (χ2n) is 6.42. The van der Waals surface area contributed by atoms with Gasteiger partial charge in [0.1, 0.15) is 11.3 Å². The Labute approximate surface area is 139 Å². The molecule has 1 N–H and O–H groups in total. The van der Waals surface area contributed by atoms with Crippen LogP contribution in [0, 0.1) is 0 Å². The zero-order valence-corrected chi connectivity index (χ0v) is 13.8. The van der Waals surface area contributed by atoms with Crippen molar-refractivity contribution >= 4 is 11.8 Å². The molecule has 1 aromatic heterocycles. The van der Waals surface area contributed by atoms with Gasteiger partial charge in [-0.15, -0.1) is 0 Å². The zero-order valence-electron chi connectivity index (χ0n) is 13.8. The van der Waals surface area contributed by atoms with Crippen molar-refractivity contribution < 1.29 is 18.3 Å². The number of aromatic nitrogens is 1. The Balaban J connectivity index is 2.01. The highest BCUT2D eigenvalue weighted by molar-refractivity contribution is 5.84. The fraction of sp³-hybridized carbons (Fsp3) is 0.333. The summed E-state index contributed by atoms with van der Waals surface area (Å²) in [4.78, 5) is 15.4. The van der Waals surface area contributed by atoms with Gasteiger partial charge in [0.15, 0.2) is 0 Å². The molecule has 128 valence electrons.